The summed E-state index contributed by atoms with van der Waals surface area (Å²) in [5.41, 5.74) is 12.7. The van der Waals surface area contributed by atoms with Crippen molar-refractivity contribution in [2.45, 2.75) is 19.0 Å². The van der Waals surface area contributed by atoms with Crippen LogP contribution in [0.1, 0.15) is 18.4 Å². The van der Waals surface area contributed by atoms with Crippen LogP contribution >= 0.6 is 0 Å². The maximum absolute atomic E-state index is 6.48. The van der Waals surface area contributed by atoms with Crippen LogP contribution in [0.3, 0.4) is 0 Å². The SMILES string of the molecule is CN1CCN(CC2CC(C3NC(c4ccc5ccc(-c6ccccc6)nc5c4)=C4C(N)=NC=CN43)C2)CC1. The van der Waals surface area contributed by atoms with Crippen molar-refractivity contribution in [2.75, 3.05) is 39.8 Å². The molecule has 194 valence electrons. The lowest BCUT2D eigenvalue weighted by atomic mass is 9.72. The van der Waals surface area contributed by atoms with Crippen LogP contribution in [0.2, 0.25) is 0 Å². The lowest BCUT2D eigenvalue weighted by molar-refractivity contribution is 0.0551. The van der Waals surface area contributed by atoms with Gasteiger partial charge in [-0.1, -0.05) is 48.5 Å². The molecule has 7 rings (SSSR count). The van der Waals surface area contributed by atoms with Crippen LogP contribution < -0.4 is 11.1 Å². The molecule has 1 aliphatic carbocycles. The van der Waals surface area contributed by atoms with E-state index >= 15 is 0 Å². The van der Waals surface area contributed by atoms with Crippen molar-refractivity contribution in [1.29, 1.82) is 0 Å². The summed E-state index contributed by atoms with van der Waals surface area (Å²) in [4.78, 5) is 16.8. The van der Waals surface area contributed by atoms with Crippen molar-refractivity contribution >= 4 is 22.4 Å². The van der Waals surface area contributed by atoms with Gasteiger partial charge in [0, 0.05) is 61.6 Å². The summed E-state index contributed by atoms with van der Waals surface area (Å²) in [6.45, 7) is 5.98. The Morgan fingerprint density at radius 2 is 1.74 bits per heavy atom. The fourth-order valence-corrected chi connectivity index (χ4v) is 6.43. The largest absolute Gasteiger partial charge is 0.382 e. The molecular weight excluding hydrogens is 470 g/mol. The minimum Gasteiger partial charge on any atom is -0.382 e. The summed E-state index contributed by atoms with van der Waals surface area (Å²) in [6.07, 6.45) is 6.59. The van der Waals surface area contributed by atoms with Crippen molar-refractivity contribution < 1.29 is 0 Å². The molecule has 7 heteroatoms. The zero-order chi connectivity index (χ0) is 25.6. The molecular formula is C31H35N7. The van der Waals surface area contributed by atoms with Gasteiger partial charge in [0.05, 0.1) is 16.9 Å². The van der Waals surface area contributed by atoms with Gasteiger partial charge < -0.3 is 25.8 Å². The highest BCUT2D eigenvalue weighted by Gasteiger charge is 2.44. The summed E-state index contributed by atoms with van der Waals surface area (Å²) in [6, 6.07) is 21.1. The highest BCUT2D eigenvalue weighted by Crippen LogP contribution is 2.43. The fraction of sp³-hybridized carbons (Fsp3) is 0.355. The number of fused-ring (bicyclic) bond motifs is 2. The molecule has 0 radical (unpaired) electrons. The van der Waals surface area contributed by atoms with Gasteiger partial charge in [-0.15, -0.1) is 0 Å². The first kappa shape index (κ1) is 23.4. The van der Waals surface area contributed by atoms with Gasteiger partial charge in [0.2, 0.25) is 0 Å². The number of hydrogen-bond donors (Lipinski definition) is 2. The number of pyridine rings is 1. The van der Waals surface area contributed by atoms with Gasteiger partial charge in [-0.2, -0.15) is 0 Å². The van der Waals surface area contributed by atoms with Gasteiger partial charge in [-0.25, -0.2) is 9.98 Å². The lowest BCUT2D eigenvalue weighted by Gasteiger charge is -2.45. The third-order valence-electron chi connectivity index (χ3n) is 8.65. The Labute approximate surface area is 224 Å². The predicted octanol–water partition coefficient (Wildman–Crippen LogP) is 3.92. The summed E-state index contributed by atoms with van der Waals surface area (Å²) >= 11 is 0. The average Bonchev–Trinajstić information content (AvgIpc) is 3.32. The van der Waals surface area contributed by atoms with Crippen LogP contribution in [0, 0.1) is 11.8 Å². The minimum absolute atomic E-state index is 0.202. The topological polar surface area (TPSA) is 73.0 Å². The normalized spacial score (nSPS) is 25.8. The van der Waals surface area contributed by atoms with Crippen molar-refractivity contribution in [2.24, 2.45) is 22.6 Å². The molecule has 3 aromatic rings. The van der Waals surface area contributed by atoms with Crippen LogP contribution in [0.4, 0.5) is 0 Å². The molecule has 1 atom stereocenters. The number of aromatic nitrogens is 1. The molecule has 1 aromatic heterocycles. The Morgan fingerprint density at radius 3 is 2.55 bits per heavy atom. The molecule has 1 unspecified atom stereocenters. The molecule has 3 aliphatic heterocycles. The minimum atomic E-state index is 0.202. The van der Waals surface area contributed by atoms with Crippen molar-refractivity contribution in [3.63, 3.8) is 0 Å². The molecule has 4 aliphatic rings. The molecule has 1 saturated carbocycles. The monoisotopic (exact) mass is 505 g/mol. The summed E-state index contributed by atoms with van der Waals surface area (Å²) in [5, 5.41) is 4.99. The summed E-state index contributed by atoms with van der Waals surface area (Å²) < 4.78 is 0. The first-order valence-electron chi connectivity index (χ1n) is 13.8. The van der Waals surface area contributed by atoms with E-state index in [-0.39, 0.29) is 6.17 Å². The standard InChI is InChI=1S/C31H35N7/c1-36-13-15-37(16-14-36)20-21-17-25(18-21)31-35-28(29-30(32)33-11-12-38(29)31)24-8-7-23-9-10-26(34-27(23)19-24)22-5-3-2-4-6-22/h2-12,19,21,25,31,35H,13-18,20H2,1H3,(H2,32,33). The van der Waals surface area contributed by atoms with E-state index in [1.807, 2.05) is 12.3 Å². The van der Waals surface area contributed by atoms with Crippen LogP contribution in [0.5, 0.6) is 0 Å². The molecule has 7 nitrogen and oxygen atoms in total. The fourth-order valence-electron chi connectivity index (χ4n) is 6.43. The third kappa shape index (κ3) is 4.25. The summed E-state index contributed by atoms with van der Waals surface area (Å²) in [7, 11) is 2.22. The van der Waals surface area contributed by atoms with E-state index in [0.29, 0.717) is 11.8 Å². The molecule has 2 aromatic carbocycles. The molecule has 0 spiro atoms. The van der Waals surface area contributed by atoms with E-state index in [9.17, 15) is 0 Å². The molecule has 38 heavy (non-hydrogen) atoms. The smallest absolute Gasteiger partial charge is 0.149 e. The van der Waals surface area contributed by atoms with Gasteiger partial charge in [0.1, 0.15) is 17.7 Å². The molecule has 0 amide bonds. The maximum Gasteiger partial charge on any atom is 0.149 e. The number of likely N-dealkylation sites (N-methyl/N-ethyl adjacent to an activating group) is 1. The van der Waals surface area contributed by atoms with Gasteiger partial charge in [0.25, 0.3) is 0 Å². The van der Waals surface area contributed by atoms with E-state index in [0.717, 1.165) is 45.0 Å². The Kier molecular flexibility index (Phi) is 5.90. The summed E-state index contributed by atoms with van der Waals surface area (Å²) in [5.74, 6) is 1.93. The Hall–Kier alpha value is -3.68. The zero-order valence-corrected chi connectivity index (χ0v) is 21.9. The van der Waals surface area contributed by atoms with Crippen LogP contribution in [0.25, 0.3) is 27.9 Å². The number of nitrogens with zero attached hydrogens (tertiary/aromatic N) is 5. The number of piperazine rings is 1. The number of rotatable bonds is 5. The number of nitrogens with one attached hydrogen (secondary N) is 1. The van der Waals surface area contributed by atoms with E-state index in [1.54, 1.807) is 0 Å². The average molecular weight is 506 g/mol. The first-order valence-corrected chi connectivity index (χ1v) is 13.8. The number of hydrogen-bond acceptors (Lipinski definition) is 7. The Balaban J connectivity index is 1.12. The first-order chi connectivity index (χ1) is 18.6. The molecule has 3 N–H and O–H groups in total. The Morgan fingerprint density at radius 1 is 0.947 bits per heavy atom. The van der Waals surface area contributed by atoms with Crippen LogP contribution in [0.15, 0.2) is 83.8 Å². The van der Waals surface area contributed by atoms with Crippen LogP contribution in [-0.4, -0.2) is 71.5 Å². The maximum atomic E-state index is 6.48. The van der Waals surface area contributed by atoms with Crippen LogP contribution in [-0.2, 0) is 0 Å². The molecule has 1 saturated heterocycles. The number of aliphatic imine (C=N–C) groups is 1. The molecule has 0 bridgehead atoms. The molecule has 2 fully saturated rings. The van der Waals surface area contributed by atoms with E-state index in [4.69, 9.17) is 10.7 Å². The van der Waals surface area contributed by atoms with E-state index in [2.05, 4.69) is 92.9 Å². The number of benzene rings is 2. The predicted molar refractivity (Wildman–Crippen MR) is 154 cm³/mol. The highest BCUT2D eigenvalue weighted by molar-refractivity contribution is 6.05. The zero-order valence-electron chi connectivity index (χ0n) is 21.9. The van der Waals surface area contributed by atoms with Crippen molar-refractivity contribution in [3.05, 3.63) is 84.3 Å². The lowest BCUT2D eigenvalue weighted by Crippen LogP contribution is -2.51. The second kappa shape index (κ2) is 9.57. The Bertz CT molecular complexity index is 1430. The van der Waals surface area contributed by atoms with Crippen molar-refractivity contribution in [1.82, 2.24) is 25.0 Å². The second-order valence-electron chi connectivity index (χ2n) is 11.2. The van der Waals surface area contributed by atoms with Gasteiger partial charge >= 0.3 is 0 Å². The second-order valence-corrected chi connectivity index (χ2v) is 11.2. The van der Waals surface area contributed by atoms with Gasteiger partial charge in [0.15, 0.2) is 0 Å². The quantitative estimate of drug-likeness (QED) is 0.548. The number of amidine groups is 1. The highest BCUT2D eigenvalue weighted by atomic mass is 15.4. The van der Waals surface area contributed by atoms with E-state index < -0.39 is 0 Å². The number of nitrogens with two attached hydrogens (primary N) is 1. The van der Waals surface area contributed by atoms with Gasteiger partial charge in [-0.3, -0.25) is 0 Å². The third-order valence-corrected chi connectivity index (χ3v) is 8.65. The van der Waals surface area contributed by atoms with Crippen molar-refractivity contribution in [3.8, 4) is 11.3 Å². The molecule has 4 heterocycles. The van der Waals surface area contributed by atoms with Gasteiger partial charge in [-0.05, 0) is 43.9 Å². The van der Waals surface area contributed by atoms with E-state index in [1.165, 1.54) is 45.6 Å².